The zero-order chi connectivity index (χ0) is 22.2. The minimum atomic E-state index is 0.127. The van der Waals surface area contributed by atoms with Gasteiger partial charge in [-0.25, -0.2) is 4.98 Å². The highest BCUT2D eigenvalue weighted by molar-refractivity contribution is 7.99. The summed E-state index contributed by atoms with van der Waals surface area (Å²) in [5.74, 6) is 1.72. The first-order chi connectivity index (χ1) is 15.0. The molecular weight excluding hydrogens is 426 g/mol. The molecule has 2 aromatic carbocycles. The van der Waals surface area contributed by atoms with Crippen LogP contribution < -0.4 is 9.64 Å². The fourth-order valence-corrected chi connectivity index (χ4v) is 5.04. The van der Waals surface area contributed by atoms with Crippen LogP contribution in [0.4, 0.5) is 5.13 Å². The van der Waals surface area contributed by atoms with Crippen LogP contribution in [-0.4, -0.2) is 55.3 Å². The molecule has 1 amide bonds. The summed E-state index contributed by atoms with van der Waals surface area (Å²) in [7, 11) is 4.11. The Labute approximate surface area is 193 Å². The lowest BCUT2D eigenvalue weighted by Gasteiger charge is -2.21. The van der Waals surface area contributed by atoms with Gasteiger partial charge in [0, 0.05) is 23.6 Å². The SMILES string of the molecule is CCOc1ccc2nc(N(CCCN(C)C)C(=O)CCSc3ccc(C)cc3)sc2c1. The van der Waals surface area contributed by atoms with Gasteiger partial charge in [-0.3, -0.25) is 9.69 Å². The van der Waals surface area contributed by atoms with E-state index in [9.17, 15) is 4.79 Å². The molecule has 0 spiro atoms. The Morgan fingerprint density at radius 1 is 1.13 bits per heavy atom. The third-order valence-corrected chi connectivity index (χ3v) is 6.84. The van der Waals surface area contributed by atoms with Gasteiger partial charge in [0.2, 0.25) is 5.91 Å². The van der Waals surface area contributed by atoms with E-state index in [1.165, 1.54) is 10.5 Å². The Balaban J connectivity index is 1.71. The molecule has 0 saturated heterocycles. The van der Waals surface area contributed by atoms with Crippen LogP contribution in [-0.2, 0) is 4.79 Å². The summed E-state index contributed by atoms with van der Waals surface area (Å²) in [6.07, 6.45) is 1.39. The summed E-state index contributed by atoms with van der Waals surface area (Å²) >= 11 is 3.28. The number of amides is 1. The van der Waals surface area contributed by atoms with E-state index in [2.05, 4.69) is 50.2 Å². The fraction of sp³-hybridized carbons (Fsp3) is 0.417. The van der Waals surface area contributed by atoms with Crippen LogP contribution in [0.1, 0.15) is 25.3 Å². The van der Waals surface area contributed by atoms with E-state index in [0.717, 1.165) is 39.8 Å². The second-order valence-electron chi connectivity index (χ2n) is 7.67. The summed E-state index contributed by atoms with van der Waals surface area (Å²) in [5.41, 5.74) is 2.15. The maximum absolute atomic E-state index is 13.2. The number of rotatable bonds is 11. The van der Waals surface area contributed by atoms with Crippen LogP contribution in [0.15, 0.2) is 47.4 Å². The number of aromatic nitrogens is 1. The highest BCUT2D eigenvalue weighted by atomic mass is 32.2. The normalized spacial score (nSPS) is 11.3. The summed E-state index contributed by atoms with van der Waals surface area (Å²) in [6, 6.07) is 14.4. The number of benzene rings is 2. The number of nitrogens with zero attached hydrogens (tertiary/aromatic N) is 3. The lowest BCUT2D eigenvalue weighted by molar-refractivity contribution is -0.118. The Bertz CT molecular complexity index is 986. The number of fused-ring (bicyclic) bond motifs is 1. The number of anilines is 1. The van der Waals surface area contributed by atoms with Crippen molar-refractivity contribution >= 4 is 44.4 Å². The molecule has 0 fully saturated rings. The topological polar surface area (TPSA) is 45.7 Å². The molecule has 166 valence electrons. The molecule has 1 aromatic heterocycles. The second kappa shape index (κ2) is 11.5. The molecule has 0 N–H and O–H groups in total. The van der Waals surface area contributed by atoms with Gasteiger partial charge < -0.3 is 9.64 Å². The summed E-state index contributed by atoms with van der Waals surface area (Å²) in [4.78, 5) is 23.1. The monoisotopic (exact) mass is 457 g/mol. The molecule has 0 radical (unpaired) electrons. The molecule has 3 aromatic rings. The van der Waals surface area contributed by atoms with E-state index >= 15 is 0 Å². The summed E-state index contributed by atoms with van der Waals surface area (Å²) in [6.45, 7) is 6.29. The predicted molar refractivity (Wildman–Crippen MR) is 133 cm³/mol. The van der Waals surface area contributed by atoms with Gasteiger partial charge in [-0.05, 0) is 71.2 Å². The molecule has 7 heteroatoms. The maximum atomic E-state index is 13.2. The number of hydrogen-bond acceptors (Lipinski definition) is 6. The van der Waals surface area contributed by atoms with Crippen molar-refractivity contribution in [3.63, 3.8) is 0 Å². The van der Waals surface area contributed by atoms with Gasteiger partial charge in [0.1, 0.15) is 5.75 Å². The third-order valence-electron chi connectivity index (χ3n) is 4.78. The smallest absolute Gasteiger partial charge is 0.229 e. The number of aryl methyl sites for hydroxylation is 1. The molecule has 0 aliphatic carbocycles. The van der Waals surface area contributed by atoms with Gasteiger partial charge in [0.15, 0.2) is 5.13 Å². The Hall–Kier alpha value is -2.09. The van der Waals surface area contributed by atoms with Crippen molar-refractivity contribution in [2.24, 2.45) is 0 Å². The average molecular weight is 458 g/mol. The lowest BCUT2D eigenvalue weighted by Crippen LogP contribution is -2.33. The number of hydrogen-bond donors (Lipinski definition) is 0. The molecule has 3 rings (SSSR count). The number of carbonyl (C=O) groups is 1. The number of ether oxygens (including phenoxy) is 1. The van der Waals surface area contributed by atoms with Crippen molar-refractivity contribution in [3.8, 4) is 5.75 Å². The van der Waals surface area contributed by atoms with E-state index in [1.807, 2.05) is 30.0 Å². The minimum absolute atomic E-state index is 0.127. The minimum Gasteiger partial charge on any atom is -0.494 e. The van der Waals surface area contributed by atoms with Gasteiger partial charge >= 0.3 is 0 Å². The number of thioether (sulfide) groups is 1. The molecule has 5 nitrogen and oxygen atoms in total. The van der Waals surface area contributed by atoms with Gasteiger partial charge in [-0.2, -0.15) is 0 Å². The highest BCUT2D eigenvalue weighted by Gasteiger charge is 2.20. The van der Waals surface area contributed by atoms with Crippen LogP contribution >= 0.6 is 23.1 Å². The van der Waals surface area contributed by atoms with Crippen molar-refractivity contribution in [1.82, 2.24) is 9.88 Å². The van der Waals surface area contributed by atoms with E-state index in [1.54, 1.807) is 23.1 Å². The van der Waals surface area contributed by atoms with Crippen molar-refractivity contribution in [2.45, 2.75) is 31.6 Å². The van der Waals surface area contributed by atoms with Crippen LogP contribution in [0.2, 0.25) is 0 Å². The molecule has 0 bridgehead atoms. The first-order valence-electron chi connectivity index (χ1n) is 10.6. The Morgan fingerprint density at radius 2 is 1.90 bits per heavy atom. The highest BCUT2D eigenvalue weighted by Crippen LogP contribution is 2.32. The molecule has 0 atom stereocenters. The molecular formula is C24H31N3O2S2. The Kier molecular flexibility index (Phi) is 8.75. The number of thiazole rings is 1. The van der Waals surface area contributed by atoms with E-state index in [-0.39, 0.29) is 5.91 Å². The summed E-state index contributed by atoms with van der Waals surface area (Å²) in [5, 5.41) is 0.771. The average Bonchev–Trinajstić information content (AvgIpc) is 3.15. The maximum Gasteiger partial charge on any atom is 0.229 e. The van der Waals surface area contributed by atoms with Gasteiger partial charge in [0.05, 0.1) is 16.8 Å². The zero-order valence-corrected chi connectivity index (χ0v) is 20.4. The van der Waals surface area contributed by atoms with Crippen LogP contribution in [0.3, 0.4) is 0 Å². The van der Waals surface area contributed by atoms with E-state index < -0.39 is 0 Å². The number of carbonyl (C=O) groups excluding carboxylic acids is 1. The lowest BCUT2D eigenvalue weighted by atomic mass is 10.2. The molecule has 0 saturated carbocycles. The van der Waals surface area contributed by atoms with Crippen LogP contribution in [0, 0.1) is 6.92 Å². The predicted octanol–water partition coefficient (Wildman–Crippen LogP) is 5.47. The van der Waals surface area contributed by atoms with E-state index in [4.69, 9.17) is 9.72 Å². The second-order valence-corrected chi connectivity index (χ2v) is 9.85. The fourth-order valence-electron chi connectivity index (χ4n) is 3.16. The van der Waals surface area contributed by atoms with Crippen LogP contribution in [0.5, 0.6) is 5.75 Å². The standard InChI is InChI=1S/C24H31N3O2S2/c1-5-29-19-9-12-21-22(17-19)31-24(25-21)27(15-6-14-26(3)4)23(28)13-16-30-20-10-7-18(2)8-11-20/h7-12,17H,5-6,13-16H2,1-4H3. The Morgan fingerprint density at radius 3 is 2.61 bits per heavy atom. The van der Waals surface area contributed by atoms with Crippen LogP contribution in [0.25, 0.3) is 10.2 Å². The molecule has 0 unspecified atom stereocenters. The van der Waals surface area contributed by atoms with Gasteiger partial charge in [-0.15, -0.1) is 11.8 Å². The third kappa shape index (κ3) is 6.95. The van der Waals surface area contributed by atoms with Crippen molar-refractivity contribution < 1.29 is 9.53 Å². The van der Waals surface area contributed by atoms with E-state index in [0.29, 0.717) is 19.6 Å². The molecule has 31 heavy (non-hydrogen) atoms. The largest absolute Gasteiger partial charge is 0.494 e. The first-order valence-corrected chi connectivity index (χ1v) is 12.4. The molecule has 0 aliphatic heterocycles. The van der Waals surface area contributed by atoms with Crippen molar-refractivity contribution in [1.29, 1.82) is 0 Å². The molecule has 0 aliphatic rings. The van der Waals surface area contributed by atoms with Crippen molar-refractivity contribution in [2.75, 3.05) is 44.4 Å². The first kappa shape index (κ1) is 23.6. The van der Waals surface area contributed by atoms with Gasteiger partial charge in [-0.1, -0.05) is 29.0 Å². The molecule has 1 heterocycles. The van der Waals surface area contributed by atoms with Gasteiger partial charge in [0.25, 0.3) is 0 Å². The quantitative estimate of drug-likeness (QED) is 0.357. The van der Waals surface area contributed by atoms with Crippen molar-refractivity contribution in [3.05, 3.63) is 48.0 Å². The zero-order valence-electron chi connectivity index (χ0n) is 18.8. The summed E-state index contributed by atoms with van der Waals surface area (Å²) < 4.78 is 6.66.